The van der Waals surface area contributed by atoms with E-state index < -0.39 is 11.9 Å². The molecule has 0 radical (unpaired) electrons. The summed E-state index contributed by atoms with van der Waals surface area (Å²) in [6.07, 6.45) is 6.29. The van der Waals surface area contributed by atoms with Gasteiger partial charge in [-0.2, -0.15) is 0 Å². The molecule has 1 fully saturated rings. The highest BCUT2D eigenvalue weighted by molar-refractivity contribution is 6.27. The summed E-state index contributed by atoms with van der Waals surface area (Å²) in [5.74, 6) is -1.72. The van der Waals surface area contributed by atoms with Crippen LogP contribution in [0.15, 0.2) is 24.3 Å². The van der Waals surface area contributed by atoms with E-state index in [1.807, 2.05) is 0 Å². The van der Waals surface area contributed by atoms with Gasteiger partial charge in [-0.25, -0.2) is 9.59 Å². The second kappa shape index (κ2) is 12.5. The van der Waals surface area contributed by atoms with Gasteiger partial charge in [-0.05, 0) is 80.8 Å². The third-order valence-electron chi connectivity index (χ3n) is 5.72. The Hall–Kier alpha value is -2.08. The van der Waals surface area contributed by atoms with E-state index in [1.54, 1.807) is 0 Å². The first-order valence-electron chi connectivity index (χ1n) is 10.6. The van der Waals surface area contributed by atoms with Gasteiger partial charge in [-0.1, -0.05) is 39.8 Å². The fraction of sp³-hybridized carbons (Fsp3) is 0.652. The summed E-state index contributed by atoms with van der Waals surface area (Å²) >= 11 is 0. The lowest BCUT2D eigenvalue weighted by molar-refractivity contribution is -0.159. The number of carboxylic acids is 2. The van der Waals surface area contributed by atoms with Crippen molar-refractivity contribution in [3.63, 3.8) is 0 Å². The lowest BCUT2D eigenvalue weighted by atomic mass is 9.82. The molecule has 6 nitrogen and oxygen atoms in total. The Morgan fingerprint density at radius 3 is 2.10 bits per heavy atom. The van der Waals surface area contributed by atoms with Crippen LogP contribution in [0.2, 0.25) is 0 Å². The molecule has 1 aliphatic heterocycles. The largest absolute Gasteiger partial charge is 0.494 e. The van der Waals surface area contributed by atoms with E-state index in [9.17, 15) is 0 Å². The fourth-order valence-corrected chi connectivity index (χ4v) is 3.12. The summed E-state index contributed by atoms with van der Waals surface area (Å²) in [4.78, 5) is 20.8. The van der Waals surface area contributed by atoms with Crippen molar-refractivity contribution in [1.29, 1.82) is 0 Å². The van der Waals surface area contributed by atoms with Crippen LogP contribution in [0.25, 0.3) is 0 Å². The second-order valence-corrected chi connectivity index (χ2v) is 8.45. The van der Waals surface area contributed by atoms with E-state index >= 15 is 0 Å². The molecule has 1 aliphatic rings. The first kappa shape index (κ1) is 25.0. The molecule has 1 saturated heterocycles. The molecule has 0 spiro atoms. The van der Waals surface area contributed by atoms with Gasteiger partial charge in [0.2, 0.25) is 0 Å². The van der Waals surface area contributed by atoms with Crippen molar-refractivity contribution in [1.82, 2.24) is 4.90 Å². The molecule has 29 heavy (non-hydrogen) atoms. The lowest BCUT2D eigenvalue weighted by Crippen LogP contribution is -2.33. The fourth-order valence-electron chi connectivity index (χ4n) is 3.12. The molecule has 0 aliphatic carbocycles. The molecule has 2 rings (SSSR count). The van der Waals surface area contributed by atoms with Crippen molar-refractivity contribution in [3.8, 4) is 5.75 Å². The van der Waals surface area contributed by atoms with Gasteiger partial charge in [0, 0.05) is 0 Å². The quantitative estimate of drug-likeness (QED) is 0.490. The van der Waals surface area contributed by atoms with Gasteiger partial charge in [-0.3, -0.25) is 0 Å². The number of hydrogen-bond donors (Lipinski definition) is 2. The van der Waals surface area contributed by atoms with Crippen LogP contribution in [0, 0.1) is 5.92 Å². The number of aliphatic carboxylic acids is 2. The highest BCUT2D eigenvalue weighted by atomic mass is 16.5. The molecular weight excluding hydrogens is 370 g/mol. The highest BCUT2D eigenvalue weighted by Gasteiger charge is 2.17. The Balaban J connectivity index is 0.000000612. The van der Waals surface area contributed by atoms with Crippen LogP contribution < -0.4 is 4.74 Å². The molecule has 1 heterocycles. The van der Waals surface area contributed by atoms with Gasteiger partial charge in [0.05, 0.1) is 6.61 Å². The van der Waals surface area contributed by atoms with Crippen LogP contribution in [0.5, 0.6) is 5.75 Å². The number of hydrogen-bond acceptors (Lipinski definition) is 4. The SMILES string of the molecule is CCC(C)(C)c1ccc(OCCCCN2CCC(C)CC2)cc1.O=C(O)C(=O)O. The molecule has 2 N–H and O–H groups in total. The summed E-state index contributed by atoms with van der Waals surface area (Å²) < 4.78 is 5.90. The maximum atomic E-state index is 9.10. The average Bonchev–Trinajstić information content (AvgIpc) is 2.70. The predicted octanol–water partition coefficient (Wildman–Crippen LogP) is 4.42. The van der Waals surface area contributed by atoms with Crippen molar-refractivity contribution in [2.24, 2.45) is 5.92 Å². The van der Waals surface area contributed by atoms with Crippen LogP contribution in [-0.4, -0.2) is 53.3 Å². The zero-order valence-corrected chi connectivity index (χ0v) is 18.3. The van der Waals surface area contributed by atoms with Crippen molar-refractivity contribution in [2.75, 3.05) is 26.2 Å². The van der Waals surface area contributed by atoms with E-state index in [1.165, 1.54) is 44.5 Å². The van der Waals surface area contributed by atoms with Crippen LogP contribution in [0.3, 0.4) is 0 Å². The number of benzene rings is 1. The average molecular weight is 408 g/mol. The Morgan fingerprint density at radius 1 is 1.07 bits per heavy atom. The number of piperidine rings is 1. The van der Waals surface area contributed by atoms with Crippen LogP contribution >= 0.6 is 0 Å². The Labute approximate surface area is 174 Å². The van der Waals surface area contributed by atoms with Crippen molar-refractivity contribution >= 4 is 11.9 Å². The lowest BCUT2D eigenvalue weighted by Gasteiger charge is -2.30. The van der Waals surface area contributed by atoms with Gasteiger partial charge in [0.25, 0.3) is 0 Å². The maximum absolute atomic E-state index is 9.10. The molecule has 1 aromatic rings. The molecule has 0 bridgehead atoms. The minimum Gasteiger partial charge on any atom is -0.494 e. The summed E-state index contributed by atoms with van der Waals surface area (Å²) in [5, 5.41) is 14.8. The Bertz CT molecular complexity index is 607. The normalized spacial score (nSPS) is 15.3. The van der Waals surface area contributed by atoms with Crippen LogP contribution in [0.4, 0.5) is 0 Å². The second-order valence-electron chi connectivity index (χ2n) is 8.45. The number of ether oxygens (including phenoxy) is 1. The first-order valence-corrected chi connectivity index (χ1v) is 10.6. The Kier molecular flexibility index (Phi) is 10.7. The topological polar surface area (TPSA) is 87.1 Å². The summed E-state index contributed by atoms with van der Waals surface area (Å²) in [5.41, 5.74) is 1.65. The maximum Gasteiger partial charge on any atom is 0.414 e. The van der Waals surface area contributed by atoms with E-state index in [0.717, 1.165) is 31.1 Å². The van der Waals surface area contributed by atoms with E-state index in [-0.39, 0.29) is 5.41 Å². The minimum absolute atomic E-state index is 0.254. The first-order chi connectivity index (χ1) is 13.7. The Morgan fingerprint density at radius 2 is 1.62 bits per heavy atom. The van der Waals surface area contributed by atoms with E-state index in [2.05, 4.69) is 56.9 Å². The highest BCUT2D eigenvalue weighted by Crippen LogP contribution is 2.28. The summed E-state index contributed by atoms with van der Waals surface area (Å²) in [7, 11) is 0. The molecule has 0 amide bonds. The molecule has 6 heteroatoms. The molecule has 0 unspecified atom stereocenters. The zero-order chi connectivity index (χ0) is 21.9. The van der Waals surface area contributed by atoms with E-state index in [4.69, 9.17) is 24.5 Å². The minimum atomic E-state index is -1.82. The van der Waals surface area contributed by atoms with Crippen molar-refractivity contribution < 1.29 is 24.5 Å². The monoisotopic (exact) mass is 407 g/mol. The molecular formula is C23H37NO5. The number of carboxylic acid groups (broad SMARTS) is 2. The van der Waals surface area contributed by atoms with Gasteiger partial charge in [0.15, 0.2) is 0 Å². The van der Waals surface area contributed by atoms with Crippen molar-refractivity contribution in [3.05, 3.63) is 29.8 Å². The van der Waals surface area contributed by atoms with Gasteiger partial charge in [-0.15, -0.1) is 0 Å². The van der Waals surface area contributed by atoms with E-state index in [0.29, 0.717) is 0 Å². The number of likely N-dealkylation sites (tertiary alicyclic amines) is 1. The molecule has 0 atom stereocenters. The molecule has 0 saturated carbocycles. The van der Waals surface area contributed by atoms with Crippen molar-refractivity contribution in [2.45, 2.75) is 65.2 Å². The van der Waals surface area contributed by atoms with Crippen LogP contribution in [0.1, 0.15) is 65.4 Å². The van der Waals surface area contributed by atoms with Gasteiger partial charge in [0.1, 0.15) is 5.75 Å². The number of rotatable bonds is 8. The molecule has 164 valence electrons. The number of carbonyl (C=O) groups is 2. The molecule has 0 aromatic heterocycles. The van der Waals surface area contributed by atoms with Gasteiger partial charge < -0.3 is 19.8 Å². The number of unbranched alkanes of at least 4 members (excludes halogenated alkanes) is 1. The third kappa shape index (κ3) is 9.79. The summed E-state index contributed by atoms with van der Waals surface area (Å²) in [6, 6.07) is 8.68. The van der Waals surface area contributed by atoms with Gasteiger partial charge >= 0.3 is 11.9 Å². The third-order valence-corrected chi connectivity index (χ3v) is 5.72. The summed E-state index contributed by atoms with van der Waals surface area (Å²) in [6.45, 7) is 13.9. The predicted molar refractivity (Wildman–Crippen MR) is 115 cm³/mol. The number of nitrogens with zero attached hydrogens (tertiary/aromatic N) is 1. The zero-order valence-electron chi connectivity index (χ0n) is 18.3. The molecule has 1 aromatic carbocycles. The standard InChI is InChI=1S/C21H35NO.C2H2O4/c1-5-21(3,4)19-8-10-20(11-9-19)23-17-7-6-14-22-15-12-18(2)13-16-22;3-1(4)2(5)6/h8-11,18H,5-7,12-17H2,1-4H3;(H,3,4)(H,5,6). The smallest absolute Gasteiger partial charge is 0.414 e. The van der Waals surface area contributed by atoms with Crippen LogP contribution in [-0.2, 0) is 15.0 Å².